The lowest BCUT2D eigenvalue weighted by Crippen LogP contribution is -2.39. The third-order valence-electron chi connectivity index (χ3n) is 1.08. The van der Waals surface area contributed by atoms with Crippen molar-refractivity contribution in [1.82, 2.24) is 9.44 Å². The average Bonchev–Trinajstić information content (AvgIpc) is 1.87. The van der Waals surface area contributed by atoms with E-state index in [1.54, 1.807) is 0 Å². The van der Waals surface area contributed by atoms with Gasteiger partial charge in [0.25, 0.3) is 0 Å². The zero-order chi connectivity index (χ0) is 8.69. The zero-order valence-corrected chi connectivity index (χ0v) is 8.26. The molecule has 11 heavy (non-hydrogen) atoms. The van der Waals surface area contributed by atoms with Crippen molar-refractivity contribution in [3.63, 3.8) is 0 Å². The van der Waals surface area contributed by atoms with Gasteiger partial charge in [0.2, 0.25) is 0 Å². The van der Waals surface area contributed by atoms with E-state index in [-0.39, 0.29) is 6.17 Å². The lowest BCUT2D eigenvalue weighted by Gasteiger charge is -2.18. The molecule has 0 heterocycles. The molecule has 2 atom stereocenters. The van der Waals surface area contributed by atoms with E-state index in [1.807, 2.05) is 13.2 Å². The van der Waals surface area contributed by atoms with Crippen LogP contribution in [0, 0.1) is 0 Å². The van der Waals surface area contributed by atoms with Gasteiger partial charge in [-0.05, 0) is 12.7 Å². The van der Waals surface area contributed by atoms with Gasteiger partial charge in [0, 0.05) is 11.3 Å². The molecule has 0 aromatic carbocycles. The molecule has 2 N–H and O–H groups in total. The summed E-state index contributed by atoms with van der Waals surface area (Å²) in [4.78, 5) is 0. The standard InChI is InChI=1S/C5H14N2O2S2/c1-3-4-5(6-10-2)7-11(8)9/h5-7H,3-4H2,1-2H3,(H,8,9)/p-1. The highest BCUT2D eigenvalue weighted by Crippen LogP contribution is 1.97. The Kier molecular flexibility index (Phi) is 7.30. The first-order valence-electron chi connectivity index (χ1n) is 3.34. The summed E-state index contributed by atoms with van der Waals surface area (Å²) in [6, 6.07) is 0. The maximum absolute atomic E-state index is 10.2. The lowest BCUT2D eigenvalue weighted by molar-refractivity contribution is 0.482. The molecule has 0 fully saturated rings. The van der Waals surface area contributed by atoms with Gasteiger partial charge in [0.05, 0.1) is 6.17 Å². The Bertz CT molecular complexity index is 117. The number of hydrogen-bond acceptors (Lipinski definition) is 4. The van der Waals surface area contributed by atoms with Crippen molar-refractivity contribution in [2.45, 2.75) is 25.9 Å². The van der Waals surface area contributed by atoms with Gasteiger partial charge in [-0.15, -0.1) is 0 Å². The van der Waals surface area contributed by atoms with Crippen LogP contribution in [0.2, 0.25) is 0 Å². The minimum Gasteiger partial charge on any atom is -0.760 e. The third kappa shape index (κ3) is 6.77. The molecule has 0 saturated heterocycles. The summed E-state index contributed by atoms with van der Waals surface area (Å²) in [5.74, 6) is 0. The van der Waals surface area contributed by atoms with E-state index in [9.17, 15) is 8.76 Å². The van der Waals surface area contributed by atoms with Gasteiger partial charge in [-0.1, -0.05) is 25.3 Å². The van der Waals surface area contributed by atoms with Gasteiger partial charge in [0.1, 0.15) is 0 Å². The van der Waals surface area contributed by atoms with Crippen LogP contribution in [-0.4, -0.2) is 21.2 Å². The predicted molar refractivity (Wildman–Crippen MR) is 47.4 cm³/mol. The first-order chi connectivity index (χ1) is 5.20. The predicted octanol–water partition coefficient (Wildman–Crippen LogP) is 0.364. The minimum absolute atomic E-state index is 0.145. The molecule has 0 spiro atoms. The molecule has 0 bridgehead atoms. The van der Waals surface area contributed by atoms with E-state index < -0.39 is 11.3 Å². The normalized spacial score (nSPS) is 16.3. The fraction of sp³-hybridized carbons (Fsp3) is 1.00. The number of rotatable bonds is 6. The van der Waals surface area contributed by atoms with Gasteiger partial charge >= 0.3 is 0 Å². The van der Waals surface area contributed by atoms with Crippen molar-refractivity contribution < 1.29 is 8.76 Å². The summed E-state index contributed by atoms with van der Waals surface area (Å²) >= 11 is -0.769. The molecular weight excluding hydrogens is 184 g/mol. The molecule has 2 unspecified atom stereocenters. The summed E-state index contributed by atoms with van der Waals surface area (Å²) < 4.78 is 25.7. The maximum Gasteiger partial charge on any atom is 0.0771 e. The Morgan fingerprint density at radius 1 is 1.73 bits per heavy atom. The molecule has 0 aromatic heterocycles. The zero-order valence-electron chi connectivity index (χ0n) is 6.62. The van der Waals surface area contributed by atoms with E-state index in [0.717, 1.165) is 12.8 Å². The molecule has 6 heteroatoms. The topological polar surface area (TPSA) is 64.2 Å². The molecule has 0 saturated carbocycles. The van der Waals surface area contributed by atoms with Crippen LogP contribution in [-0.2, 0) is 11.3 Å². The lowest BCUT2D eigenvalue weighted by atomic mass is 10.3. The highest BCUT2D eigenvalue weighted by atomic mass is 32.2. The molecule has 0 rings (SSSR count). The first kappa shape index (κ1) is 11.4. The molecule has 68 valence electrons. The summed E-state index contributed by atoms with van der Waals surface area (Å²) in [7, 11) is 0. The molecule has 0 aliphatic heterocycles. The Morgan fingerprint density at radius 3 is 2.73 bits per heavy atom. The van der Waals surface area contributed by atoms with Crippen LogP contribution < -0.4 is 9.44 Å². The third-order valence-corrected chi connectivity index (χ3v) is 2.07. The molecule has 0 aliphatic rings. The van der Waals surface area contributed by atoms with E-state index in [0.29, 0.717) is 0 Å². The minimum atomic E-state index is -2.17. The van der Waals surface area contributed by atoms with Crippen LogP contribution >= 0.6 is 11.9 Å². The molecule has 0 radical (unpaired) electrons. The summed E-state index contributed by atoms with van der Waals surface area (Å²) in [5.41, 5.74) is 0. The van der Waals surface area contributed by atoms with Crippen LogP contribution in [0.3, 0.4) is 0 Å². The summed E-state index contributed by atoms with van der Waals surface area (Å²) in [5, 5.41) is 0. The molecule has 4 nitrogen and oxygen atoms in total. The second-order valence-electron chi connectivity index (χ2n) is 2.02. The fourth-order valence-electron chi connectivity index (χ4n) is 0.689. The largest absolute Gasteiger partial charge is 0.760 e. The van der Waals surface area contributed by atoms with E-state index >= 15 is 0 Å². The molecular formula is C5H13N2O2S2-. The van der Waals surface area contributed by atoms with Gasteiger partial charge in [-0.3, -0.25) is 4.21 Å². The van der Waals surface area contributed by atoms with Crippen LogP contribution in [0.15, 0.2) is 0 Å². The Hall–Kier alpha value is 0.380. The number of hydrogen-bond donors (Lipinski definition) is 2. The van der Waals surface area contributed by atoms with Crippen molar-refractivity contribution in [3.05, 3.63) is 0 Å². The molecule has 0 aliphatic carbocycles. The summed E-state index contributed by atoms with van der Waals surface area (Å²) in [6.45, 7) is 2.00. The van der Waals surface area contributed by atoms with E-state index in [2.05, 4.69) is 9.44 Å². The van der Waals surface area contributed by atoms with Crippen molar-refractivity contribution in [3.8, 4) is 0 Å². The van der Waals surface area contributed by atoms with Gasteiger partial charge in [-0.25, -0.2) is 9.44 Å². The Balaban J connectivity index is 3.59. The maximum atomic E-state index is 10.2. The van der Waals surface area contributed by atoms with Crippen molar-refractivity contribution in [2.75, 3.05) is 6.26 Å². The quantitative estimate of drug-likeness (QED) is 0.367. The van der Waals surface area contributed by atoms with Crippen molar-refractivity contribution >= 4 is 23.2 Å². The second-order valence-corrected chi connectivity index (χ2v) is 3.36. The Morgan fingerprint density at radius 2 is 2.36 bits per heavy atom. The van der Waals surface area contributed by atoms with Crippen LogP contribution in [0.1, 0.15) is 19.8 Å². The smallest absolute Gasteiger partial charge is 0.0771 e. The van der Waals surface area contributed by atoms with E-state index in [4.69, 9.17) is 0 Å². The first-order valence-corrected chi connectivity index (χ1v) is 5.64. The van der Waals surface area contributed by atoms with Crippen molar-refractivity contribution in [2.24, 2.45) is 0 Å². The van der Waals surface area contributed by atoms with Gasteiger partial charge in [-0.2, -0.15) is 0 Å². The average molecular weight is 197 g/mol. The van der Waals surface area contributed by atoms with Crippen LogP contribution in [0.25, 0.3) is 0 Å². The Labute approximate surface area is 74.1 Å². The SMILES string of the molecule is CCCC(NSC)NS(=O)[O-]. The summed E-state index contributed by atoms with van der Waals surface area (Å²) in [6.07, 6.45) is 3.46. The molecule has 0 aromatic rings. The van der Waals surface area contributed by atoms with Crippen LogP contribution in [0.5, 0.6) is 0 Å². The van der Waals surface area contributed by atoms with Gasteiger partial charge < -0.3 is 4.55 Å². The monoisotopic (exact) mass is 197 g/mol. The fourth-order valence-corrected chi connectivity index (χ4v) is 1.63. The van der Waals surface area contributed by atoms with Gasteiger partial charge in [0.15, 0.2) is 0 Å². The molecule has 0 amide bonds. The van der Waals surface area contributed by atoms with Crippen molar-refractivity contribution in [1.29, 1.82) is 0 Å². The van der Waals surface area contributed by atoms with Crippen LogP contribution in [0.4, 0.5) is 0 Å². The number of nitrogens with one attached hydrogen (secondary N) is 2. The van der Waals surface area contributed by atoms with E-state index in [1.165, 1.54) is 11.9 Å². The highest BCUT2D eigenvalue weighted by Gasteiger charge is 2.03. The second kappa shape index (κ2) is 7.05. The highest BCUT2D eigenvalue weighted by molar-refractivity contribution is 7.96.